The number of hydrogen-bond acceptors (Lipinski definition) is 4. The van der Waals surface area contributed by atoms with Gasteiger partial charge in [-0.25, -0.2) is 9.78 Å². The highest BCUT2D eigenvalue weighted by molar-refractivity contribution is 5.93. The van der Waals surface area contributed by atoms with Gasteiger partial charge in [0, 0.05) is 24.0 Å². The summed E-state index contributed by atoms with van der Waals surface area (Å²) in [4.78, 5) is 20.4. The standard InChI is InChI=1S/C26H25N3O3/c30-26(31)20-9-12-24-23(16-20)28-25(29(24)21-5-1-2-6-21)19-7-10-22(11-8-19)32-17-18-4-3-14-27-15-13-18/h3,7-16,21H,1-2,4-6,17H2,(H,30,31). The molecule has 0 saturated heterocycles. The third kappa shape index (κ3) is 4.08. The maximum absolute atomic E-state index is 11.4. The van der Waals surface area contributed by atoms with Crippen molar-refractivity contribution < 1.29 is 14.6 Å². The molecule has 5 rings (SSSR count). The third-order valence-electron chi connectivity index (χ3n) is 6.13. The summed E-state index contributed by atoms with van der Waals surface area (Å²) in [7, 11) is 0. The molecule has 0 bridgehead atoms. The van der Waals surface area contributed by atoms with E-state index in [1.54, 1.807) is 24.5 Å². The van der Waals surface area contributed by atoms with Crippen molar-refractivity contribution in [2.24, 2.45) is 4.99 Å². The molecule has 0 amide bonds. The van der Waals surface area contributed by atoms with E-state index in [2.05, 4.69) is 9.56 Å². The molecule has 1 saturated carbocycles. The van der Waals surface area contributed by atoms with E-state index in [-0.39, 0.29) is 5.56 Å². The molecular weight excluding hydrogens is 402 g/mol. The van der Waals surface area contributed by atoms with E-state index in [1.165, 1.54) is 18.4 Å². The van der Waals surface area contributed by atoms with E-state index in [0.29, 0.717) is 12.6 Å². The van der Waals surface area contributed by atoms with Gasteiger partial charge in [0.2, 0.25) is 0 Å². The average Bonchev–Trinajstić information content (AvgIpc) is 3.38. The highest BCUT2D eigenvalue weighted by atomic mass is 16.5. The van der Waals surface area contributed by atoms with Crippen LogP contribution in [0.15, 0.2) is 71.4 Å². The number of benzene rings is 2. The van der Waals surface area contributed by atoms with E-state index in [4.69, 9.17) is 9.72 Å². The number of aromatic nitrogens is 2. The zero-order chi connectivity index (χ0) is 21.9. The van der Waals surface area contributed by atoms with Gasteiger partial charge < -0.3 is 14.4 Å². The summed E-state index contributed by atoms with van der Waals surface area (Å²) in [5.74, 6) is 0.751. The average molecular weight is 428 g/mol. The van der Waals surface area contributed by atoms with Crippen molar-refractivity contribution in [3.8, 4) is 17.1 Å². The number of rotatable bonds is 6. The van der Waals surface area contributed by atoms with Gasteiger partial charge in [-0.2, -0.15) is 0 Å². The Kier molecular flexibility index (Phi) is 5.58. The highest BCUT2D eigenvalue weighted by Crippen LogP contribution is 2.37. The fourth-order valence-corrected chi connectivity index (χ4v) is 4.48. The Morgan fingerprint density at radius 2 is 1.94 bits per heavy atom. The van der Waals surface area contributed by atoms with Gasteiger partial charge in [-0.1, -0.05) is 18.9 Å². The van der Waals surface area contributed by atoms with Crippen molar-refractivity contribution in [3.63, 3.8) is 0 Å². The first kappa shape index (κ1) is 20.2. The highest BCUT2D eigenvalue weighted by Gasteiger charge is 2.24. The summed E-state index contributed by atoms with van der Waals surface area (Å²) in [6.07, 6.45) is 13.1. The molecule has 1 N–H and O–H groups in total. The maximum Gasteiger partial charge on any atom is 0.335 e. The Bertz CT molecular complexity index is 1230. The lowest BCUT2D eigenvalue weighted by molar-refractivity contribution is 0.0697. The largest absolute Gasteiger partial charge is 0.489 e. The first-order chi connectivity index (χ1) is 15.7. The molecule has 0 radical (unpaired) electrons. The number of carboxylic acid groups (broad SMARTS) is 1. The van der Waals surface area contributed by atoms with E-state index < -0.39 is 5.97 Å². The molecule has 6 nitrogen and oxygen atoms in total. The molecule has 0 spiro atoms. The van der Waals surface area contributed by atoms with Crippen LogP contribution in [-0.2, 0) is 0 Å². The van der Waals surface area contributed by atoms with Crippen LogP contribution in [0.1, 0.15) is 48.5 Å². The first-order valence-electron chi connectivity index (χ1n) is 11.0. The number of ether oxygens (including phenoxy) is 1. The van der Waals surface area contributed by atoms with Gasteiger partial charge >= 0.3 is 5.97 Å². The summed E-state index contributed by atoms with van der Waals surface area (Å²) < 4.78 is 8.26. The predicted octanol–water partition coefficient (Wildman–Crippen LogP) is 5.81. The first-order valence-corrected chi connectivity index (χ1v) is 11.0. The lowest BCUT2D eigenvalue weighted by Gasteiger charge is -2.17. The normalized spacial score (nSPS) is 16.3. The number of aromatic carboxylic acids is 1. The van der Waals surface area contributed by atoms with E-state index >= 15 is 0 Å². The van der Waals surface area contributed by atoms with Crippen molar-refractivity contribution in [3.05, 3.63) is 72.0 Å². The summed E-state index contributed by atoms with van der Waals surface area (Å²) in [6.45, 7) is 0.522. The lowest BCUT2D eigenvalue weighted by atomic mass is 10.1. The number of hydrogen-bond donors (Lipinski definition) is 1. The SMILES string of the molecule is O=C(O)c1ccc2c(c1)nc(-c1ccc(OCC3=CC=NC=CC3)cc1)n2C1CCCC1. The van der Waals surface area contributed by atoms with Crippen LogP contribution >= 0.6 is 0 Å². The van der Waals surface area contributed by atoms with E-state index in [0.717, 1.165) is 47.4 Å². The van der Waals surface area contributed by atoms with Gasteiger partial charge in [0.1, 0.15) is 18.2 Å². The van der Waals surface area contributed by atoms with Gasteiger partial charge in [-0.3, -0.25) is 4.99 Å². The van der Waals surface area contributed by atoms with Gasteiger partial charge in [0.25, 0.3) is 0 Å². The molecule has 3 aromatic rings. The second-order valence-electron chi connectivity index (χ2n) is 8.28. The minimum Gasteiger partial charge on any atom is -0.489 e. The van der Waals surface area contributed by atoms with Crippen LogP contribution in [0.5, 0.6) is 5.75 Å². The smallest absolute Gasteiger partial charge is 0.335 e. The molecule has 2 aromatic carbocycles. The number of nitrogens with zero attached hydrogens (tertiary/aromatic N) is 3. The Morgan fingerprint density at radius 1 is 1.12 bits per heavy atom. The number of allylic oxidation sites excluding steroid dienone is 2. The molecule has 1 aromatic heterocycles. The molecule has 0 unspecified atom stereocenters. The number of carbonyl (C=O) groups is 1. The van der Waals surface area contributed by atoms with E-state index in [9.17, 15) is 9.90 Å². The molecule has 1 aliphatic heterocycles. The van der Waals surface area contributed by atoms with Crippen molar-refractivity contribution in [2.75, 3.05) is 6.61 Å². The van der Waals surface area contributed by atoms with Crippen LogP contribution in [0.3, 0.4) is 0 Å². The Balaban J connectivity index is 1.44. The van der Waals surface area contributed by atoms with E-state index in [1.807, 2.05) is 42.5 Å². The molecule has 6 heteroatoms. The van der Waals surface area contributed by atoms with Crippen molar-refractivity contribution >= 4 is 23.2 Å². The second-order valence-corrected chi connectivity index (χ2v) is 8.28. The molecular formula is C26H25N3O3. The topological polar surface area (TPSA) is 76.7 Å². The van der Waals surface area contributed by atoms with Crippen LogP contribution in [0.25, 0.3) is 22.4 Å². The van der Waals surface area contributed by atoms with Crippen LogP contribution < -0.4 is 4.74 Å². The summed E-state index contributed by atoms with van der Waals surface area (Å²) in [5, 5.41) is 9.38. The van der Waals surface area contributed by atoms with Gasteiger partial charge in [-0.15, -0.1) is 0 Å². The lowest BCUT2D eigenvalue weighted by Crippen LogP contribution is -2.07. The molecule has 2 heterocycles. The third-order valence-corrected chi connectivity index (χ3v) is 6.13. The fraction of sp³-hybridized carbons (Fsp3) is 0.269. The maximum atomic E-state index is 11.4. The van der Waals surface area contributed by atoms with Crippen LogP contribution in [0.4, 0.5) is 0 Å². The van der Waals surface area contributed by atoms with Crippen molar-refractivity contribution in [1.29, 1.82) is 0 Å². The Labute approximate surface area is 186 Å². The summed E-state index contributed by atoms with van der Waals surface area (Å²) in [5.41, 5.74) is 4.15. The van der Waals surface area contributed by atoms with Crippen LogP contribution in [0.2, 0.25) is 0 Å². The Morgan fingerprint density at radius 3 is 2.72 bits per heavy atom. The minimum atomic E-state index is -0.934. The summed E-state index contributed by atoms with van der Waals surface area (Å²) >= 11 is 0. The van der Waals surface area contributed by atoms with Gasteiger partial charge in [0.05, 0.1) is 16.6 Å². The zero-order valence-corrected chi connectivity index (χ0v) is 17.8. The molecule has 1 fully saturated rings. The second kappa shape index (κ2) is 8.83. The predicted molar refractivity (Wildman–Crippen MR) is 125 cm³/mol. The quantitative estimate of drug-likeness (QED) is 0.538. The Hall–Kier alpha value is -3.67. The zero-order valence-electron chi connectivity index (χ0n) is 17.8. The van der Waals surface area contributed by atoms with Crippen molar-refractivity contribution in [2.45, 2.75) is 38.1 Å². The van der Waals surface area contributed by atoms with Gasteiger partial charge in [-0.05, 0) is 73.4 Å². The monoisotopic (exact) mass is 427 g/mol. The van der Waals surface area contributed by atoms with Crippen LogP contribution in [-0.4, -0.2) is 33.4 Å². The number of carboxylic acids is 1. The minimum absolute atomic E-state index is 0.261. The van der Waals surface area contributed by atoms with Crippen molar-refractivity contribution in [1.82, 2.24) is 9.55 Å². The van der Waals surface area contributed by atoms with Crippen LogP contribution in [0, 0.1) is 0 Å². The molecule has 1 aliphatic carbocycles. The molecule has 32 heavy (non-hydrogen) atoms. The summed E-state index contributed by atoms with van der Waals surface area (Å²) in [6, 6.07) is 13.6. The number of imidazole rings is 1. The molecule has 0 atom stereocenters. The number of aliphatic imine (C=N–C) groups is 1. The number of fused-ring (bicyclic) bond motifs is 1. The van der Waals surface area contributed by atoms with Gasteiger partial charge in [0.15, 0.2) is 0 Å². The molecule has 2 aliphatic rings. The molecule has 162 valence electrons. The fourth-order valence-electron chi connectivity index (χ4n) is 4.48.